The van der Waals surface area contributed by atoms with Gasteiger partial charge in [-0.1, -0.05) is 0 Å². The van der Waals surface area contributed by atoms with Crippen LogP contribution in [0.3, 0.4) is 0 Å². The van der Waals surface area contributed by atoms with Gasteiger partial charge in [0, 0.05) is 18.2 Å². The molecule has 10 nitrogen and oxygen atoms in total. The molecule has 3 N–H and O–H groups in total. The van der Waals surface area contributed by atoms with Crippen molar-refractivity contribution in [2.24, 2.45) is 0 Å². The third-order valence-electron chi connectivity index (χ3n) is 1.39. The van der Waals surface area contributed by atoms with E-state index in [2.05, 4.69) is 12.5 Å². The molecular weight excluding hydrogens is 328 g/mol. The summed E-state index contributed by atoms with van der Waals surface area (Å²) in [4.78, 5) is 0. The number of hydrogen-bond donors (Lipinski definition) is 3. The molecule has 0 fully saturated rings. The molecule has 0 aliphatic carbocycles. The Balaban J connectivity index is 3.15. The molecular formula is C6H6O10S3. The molecule has 0 bridgehead atoms. The molecule has 13 heteroatoms. The molecule has 108 valence electrons. The van der Waals surface area contributed by atoms with Gasteiger partial charge in [0.05, 0.1) is 0 Å². The molecule has 0 radical (unpaired) electrons. The maximum absolute atomic E-state index is 10.5. The first-order valence-corrected chi connectivity index (χ1v) is 7.49. The van der Waals surface area contributed by atoms with Crippen LogP contribution in [-0.2, 0) is 33.1 Å². The van der Waals surface area contributed by atoms with Gasteiger partial charge < -0.3 is 12.5 Å². The summed E-state index contributed by atoms with van der Waals surface area (Å²) in [6.45, 7) is 0. The molecule has 0 saturated carbocycles. The average Bonchev–Trinajstić information content (AvgIpc) is 2.10. The predicted octanol–water partition coefficient (Wildman–Crippen LogP) is -0.101. The summed E-state index contributed by atoms with van der Waals surface area (Å²) in [7, 11) is -4.86. The zero-order chi connectivity index (χ0) is 14.6. The van der Waals surface area contributed by atoms with Gasteiger partial charge in [0.25, 0.3) is 0 Å². The minimum Gasteiger partial charge on any atom is -0.380 e. The third-order valence-corrected chi connectivity index (χ3v) is 2.46. The summed E-state index contributed by atoms with van der Waals surface area (Å²) in [6.07, 6.45) is 0. The zero-order valence-corrected chi connectivity index (χ0v) is 11.1. The molecule has 1 aromatic carbocycles. The van der Waals surface area contributed by atoms with Crippen LogP contribution in [0.5, 0.6) is 17.2 Å². The first-order chi connectivity index (χ1) is 8.65. The molecule has 1 aromatic rings. The van der Waals surface area contributed by atoms with E-state index in [0.717, 1.165) is 18.2 Å². The van der Waals surface area contributed by atoms with Crippen molar-refractivity contribution in [2.75, 3.05) is 0 Å². The van der Waals surface area contributed by atoms with E-state index in [9.17, 15) is 16.8 Å². The zero-order valence-electron chi connectivity index (χ0n) is 8.66. The van der Waals surface area contributed by atoms with Crippen molar-refractivity contribution in [1.29, 1.82) is 0 Å². The van der Waals surface area contributed by atoms with Gasteiger partial charge in [-0.15, -0.1) is 0 Å². The van der Waals surface area contributed by atoms with Crippen molar-refractivity contribution in [2.45, 2.75) is 0 Å². The summed E-state index contributed by atoms with van der Waals surface area (Å²) in [5.41, 5.74) is 0. The maximum Gasteiger partial charge on any atom is 0.446 e. The lowest BCUT2D eigenvalue weighted by atomic mass is 10.3. The Kier molecular flexibility index (Phi) is 5.21. The lowest BCUT2D eigenvalue weighted by molar-refractivity contribution is 0.385. The molecule has 1 rings (SSSR count). The van der Waals surface area contributed by atoms with Crippen molar-refractivity contribution in [3.8, 4) is 17.2 Å². The van der Waals surface area contributed by atoms with Crippen molar-refractivity contribution < 1.29 is 43.0 Å². The van der Waals surface area contributed by atoms with E-state index in [4.69, 9.17) is 13.7 Å². The van der Waals surface area contributed by atoms with Gasteiger partial charge >= 0.3 is 33.1 Å². The smallest absolute Gasteiger partial charge is 0.380 e. The van der Waals surface area contributed by atoms with Crippen LogP contribution in [0.2, 0.25) is 0 Å². The largest absolute Gasteiger partial charge is 0.446 e. The monoisotopic (exact) mass is 334 g/mol. The summed E-state index contributed by atoms with van der Waals surface area (Å²) in [5, 5.41) is 0. The highest BCUT2D eigenvalue weighted by Gasteiger charge is 2.13. The lowest BCUT2D eigenvalue weighted by Gasteiger charge is -2.07. The Morgan fingerprint density at radius 1 is 0.895 bits per heavy atom. The Morgan fingerprint density at radius 3 is 1.58 bits per heavy atom. The van der Waals surface area contributed by atoms with Crippen LogP contribution in [0, 0.1) is 0 Å². The van der Waals surface area contributed by atoms with Crippen LogP contribution in [0.25, 0.3) is 0 Å². The molecule has 0 aromatic heterocycles. The van der Waals surface area contributed by atoms with Crippen molar-refractivity contribution in [3.63, 3.8) is 0 Å². The highest BCUT2D eigenvalue weighted by molar-refractivity contribution is 7.81. The average molecular weight is 334 g/mol. The molecule has 0 heterocycles. The second kappa shape index (κ2) is 6.27. The van der Waals surface area contributed by atoms with Crippen LogP contribution in [0.4, 0.5) is 0 Å². The quantitative estimate of drug-likeness (QED) is 0.474. The molecule has 0 saturated heterocycles. The Hall–Kier alpha value is -1.25. The Labute approximate surface area is 112 Å². The van der Waals surface area contributed by atoms with Crippen LogP contribution in [0.1, 0.15) is 0 Å². The van der Waals surface area contributed by atoms with E-state index in [1.54, 1.807) is 0 Å². The molecule has 0 aliphatic heterocycles. The molecule has 19 heavy (non-hydrogen) atoms. The van der Waals surface area contributed by atoms with Crippen molar-refractivity contribution >= 4 is 33.1 Å². The molecule has 0 spiro atoms. The topological polar surface area (TPSA) is 157 Å². The van der Waals surface area contributed by atoms with E-state index in [0.29, 0.717) is 0 Å². The van der Waals surface area contributed by atoms with Crippen molar-refractivity contribution in [1.82, 2.24) is 0 Å². The summed E-state index contributed by atoms with van der Waals surface area (Å²) >= 11 is -5.46. The highest BCUT2D eigenvalue weighted by Crippen LogP contribution is 2.29. The number of rotatable bonds is 6. The normalized spacial score (nSPS) is 14.5. The van der Waals surface area contributed by atoms with Gasteiger partial charge in [-0.05, 0) is 0 Å². The van der Waals surface area contributed by atoms with Gasteiger partial charge in [-0.25, -0.2) is 0 Å². The van der Waals surface area contributed by atoms with Gasteiger partial charge in [-0.2, -0.15) is 16.8 Å². The standard InChI is InChI=1S/C6H6O10S3/c7-17(8)14-4-1-5(15-18(9)10)3-6(2-4)16-19(11,12)13/h1-3H,(H,7,8)(H,9,10)(H,11,12,13). The van der Waals surface area contributed by atoms with Crippen LogP contribution >= 0.6 is 0 Å². The summed E-state index contributed by atoms with van der Waals surface area (Å²) in [6, 6.07) is 2.57. The molecule has 2 unspecified atom stereocenters. The summed E-state index contributed by atoms with van der Waals surface area (Å²) in [5.74, 6) is -1.37. The van der Waals surface area contributed by atoms with Crippen LogP contribution in [-0.4, -0.2) is 30.5 Å². The van der Waals surface area contributed by atoms with E-state index < -0.39 is 50.4 Å². The summed E-state index contributed by atoms with van der Waals surface area (Å²) < 4.78 is 80.0. The van der Waals surface area contributed by atoms with Gasteiger partial charge in [0.1, 0.15) is 11.5 Å². The first-order valence-electron chi connectivity index (χ1n) is 4.06. The third kappa shape index (κ3) is 6.46. The number of hydrogen-bond acceptors (Lipinski definition) is 7. The fraction of sp³-hybridized carbons (Fsp3) is 0. The Morgan fingerprint density at radius 2 is 1.26 bits per heavy atom. The van der Waals surface area contributed by atoms with Crippen LogP contribution in [0.15, 0.2) is 18.2 Å². The van der Waals surface area contributed by atoms with Gasteiger partial charge in [0.2, 0.25) is 0 Å². The highest BCUT2D eigenvalue weighted by atomic mass is 32.3. The first kappa shape index (κ1) is 15.8. The molecule has 0 aliphatic rings. The minimum atomic E-state index is -4.86. The van der Waals surface area contributed by atoms with Gasteiger partial charge in [0.15, 0.2) is 5.75 Å². The van der Waals surface area contributed by atoms with E-state index in [1.165, 1.54) is 0 Å². The Bertz CT molecular complexity index is 573. The van der Waals surface area contributed by atoms with E-state index >= 15 is 0 Å². The molecule has 2 atom stereocenters. The maximum atomic E-state index is 10.5. The fourth-order valence-electron chi connectivity index (χ4n) is 0.976. The van der Waals surface area contributed by atoms with E-state index in [1.807, 2.05) is 0 Å². The second-order valence-corrected chi connectivity index (χ2v) is 4.98. The van der Waals surface area contributed by atoms with E-state index in [-0.39, 0.29) is 0 Å². The van der Waals surface area contributed by atoms with Gasteiger partial charge in [-0.3, -0.25) is 13.7 Å². The molecule has 0 amide bonds. The van der Waals surface area contributed by atoms with Crippen LogP contribution < -0.4 is 12.5 Å². The lowest BCUT2D eigenvalue weighted by Crippen LogP contribution is -2.07. The predicted molar refractivity (Wildman–Crippen MR) is 61.4 cm³/mol. The SMILES string of the molecule is O=S(O)Oc1cc(OS(=O)O)cc(OS(=O)(=O)O)c1. The van der Waals surface area contributed by atoms with Crippen molar-refractivity contribution in [3.05, 3.63) is 18.2 Å². The number of benzene rings is 1. The fourth-order valence-corrected chi connectivity index (χ4v) is 1.84. The second-order valence-electron chi connectivity index (χ2n) is 2.75. The minimum absolute atomic E-state index is 0.401.